The Morgan fingerprint density at radius 3 is 2.12 bits per heavy atom. The molecule has 10 heteroatoms. The summed E-state index contributed by atoms with van der Waals surface area (Å²) in [6.07, 6.45) is 7.05. The van der Waals surface area contributed by atoms with Crippen molar-refractivity contribution in [2.75, 3.05) is 53.4 Å². The Morgan fingerprint density at radius 1 is 0.938 bits per heavy atom. The molecule has 32 heavy (non-hydrogen) atoms. The molecule has 9 nitrogen and oxygen atoms in total. The average Bonchev–Trinajstić information content (AvgIpc) is 3.14. The van der Waals surface area contributed by atoms with Gasteiger partial charge in [0.15, 0.2) is 5.71 Å². The number of carbonyl (C=O) groups is 1. The van der Waals surface area contributed by atoms with E-state index in [2.05, 4.69) is 36.1 Å². The van der Waals surface area contributed by atoms with E-state index in [9.17, 15) is 4.79 Å². The number of hydrazone groups is 1. The fourth-order valence-corrected chi connectivity index (χ4v) is 4.74. The number of amides is 1. The number of carbonyl (C=O) groups excluding carboxylic acids is 1. The molecule has 4 heterocycles. The molecule has 2 saturated heterocycles. The third-order valence-electron chi connectivity index (χ3n) is 6.12. The van der Waals surface area contributed by atoms with Gasteiger partial charge in [0.25, 0.3) is 11.9 Å². The van der Waals surface area contributed by atoms with Crippen LogP contribution in [0.1, 0.15) is 44.1 Å². The Kier molecular flexibility index (Phi) is 5.95. The molecule has 0 spiro atoms. The number of anilines is 4. The van der Waals surface area contributed by atoms with E-state index in [1.165, 1.54) is 12.8 Å². The summed E-state index contributed by atoms with van der Waals surface area (Å²) < 4.78 is 0.892. The van der Waals surface area contributed by atoms with E-state index in [1.54, 1.807) is 12.1 Å². The van der Waals surface area contributed by atoms with Crippen LogP contribution in [0, 0.1) is 0 Å². The number of hydrogen-bond acceptors (Lipinski definition) is 8. The zero-order valence-corrected chi connectivity index (χ0v) is 19.8. The monoisotopic (exact) mass is 498 g/mol. The summed E-state index contributed by atoms with van der Waals surface area (Å²) in [6, 6.07) is 5.66. The van der Waals surface area contributed by atoms with Crippen LogP contribution in [0.15, 0.2) is 27.8 Å². The van der Waals surface area contributed by atoms with E-state index < -0.39 is 0 Å². The molecule has 0 bridgehead atoms. The van der Waals surface area contributed by atoms with Crippen molar-refractivity contribution in [3.05, 3.63) is 28.2 Å². The smallest absolute Gasteiger partial charge is 0.276 e. The van der Waals surface area contributed by atoms with Crippen LogP contribution < -0.4 is 20.1 Å². The Labute approximate surface area is 196 Å². The van der Waals surface area contributed by atoms with Crippen LogP contribution in [0.4, 0.5) is 23.5 Å². The van der Waals surface area contributed by atoms with Gasteiger partial charge in [-0.1, -0.05) is 15.9 Å². The van der Waals surface area contributed by atoms with Crippen molar-refractivity contribution in [1.29, 1.82) is 0 Å². The molecule has 2 aromatic rings. The molecule has 0 saturated carbocycles. The Balaban J connectivity index is 1.51. The second-order valence-electron chi connectivity index (χ2n) is 8.45. The maximum atomic E-state index is 12.6. The molecule has 168 valence electrons. The van der Waals surface area contributed by atoms with Gasteiger partial charge in [-0.05, 0) is 56.7 Å². The first kappa shape index (κ1) is 21.1. The minimum atomic E-state index is -0.230. The van der Waals surface area contributed by atoms with Crippen molar-refractivity contribution < 1.29 is 4.79 Å². The molecule has 0 atom stereocenters. The highest BCUT2D eigenvalue weighted by molar-refractivity contribution is 9.10. The molecule has 1 aromatic heterocycles. The molecule has 0 unspecified atom stereocenters. The fraction of sp³-hybridized carbons (Fsp3) is 0.500. The van der Waals surface area contributed by atoms with Crippen LogP contribution in [0.25, 0.3) is 0 Å². The van der Waals surface area contributed by atoms with Gasteiger partial charge in [-0.2, -0.15) is 20.1 Å². The Hall–Kier alpha value is -2.75. The van der Waals surface area contributed by atoms with Crippen LogP contribution >= 0.6 is 15.9 Å². The summed E-state index contributed by atoms with van der Waals surface area (Å²) in [4.78, 5) is 31.4. The normalized spacial score (nSPS) is 19.8. The van der Waals surface area contributed by atoms with Gasteiger partial charge < -0.3 is 15.1 Å². The van der Waals surface area contributed by atoms with Crippen LogP contribution in [0.5, 0.6) is 0 Å². The quantitative estimate of drug-likeness (QED) is 0.645. The lowest BCUT2D eigenvalue weighted by Gasteiger charge is -2.30. The summed E-state index contributed by atoms with van der Waals surface area (Å²) in [5.41, 5.74) is 1.87. The number of rotatable bonds is 4. The third-order valence-corrected chi connectivity index (χ3v) is 6.61. The zero-order chi connectivity index (χ0) is 22.1. The molecule has 1 amide bonds. The lowest BCUT2D eigenvalue weighted by molar-refractivity contribution is -0.110. The van der Waals surface area contributed by atoms with Gasteiger partial charge in [-0.25, -0.2) is 5.01 Å². The summed E-state index contributed by atoms with van der Waals surface area (Å²) in [6.45, 7) is 3.80. The zero-order valence-electron chi connectivity index (χ0n) is 18.2. The Bertz CT molecular complexity index is 1010. The molecule has 2 fully saturated rings. The molecule has 0 aliphatic carbocycles. The lowest BCUT2D eigenvalue weighted by Crippen LogP contribution is -2.35. The number of halogens is 1. The highest BCUT2D eigenvalue weighted by atomic mass is 79.9. The van der Waals surface area contributed by atoms with Gasteiger partial charge in [-0.3, -0.25) is 4.79 Å². The molecule has 3 aliphatic heterocycles. The standard InChI is InChI=1S/C22H27BrN8O/c1-29(28-18-16-14-15(23)8-9-17(16)24-19(18)32)20-25-21(30-10-4-2-5-11-30)27-22(26-20)31-12-6-3-7-13-31/h8-9,14H,2-7,10-13H2,1H3,(H,24,28,32). The minimum absolute atomic E-state index is 0.230. The lowest BCUT2D eigenvalue weighted by atomic mass is 10.1. The first-order valence-electron chi connectivity index (χ1n) is 11.3. The van der Waals surface area contributed by atoms with Gasteiger partial charge in [0, 0.05) is 43.3 Å². The van der Waals surface area contributed by atoms with Crippen LogP contribution in [-0.2, 0) is 4.79 Å². The predicted octanol–water partition coefficient (Wildman–Crippen LogP) is 3.41. The van der Waals surface area contributed by atoms with E-state index in [4.69, 9.17) is 15.0 Å². The van der Waals surface area contributed by atoms with Gasteiger partial charge in [0.2, 0.25) is 11.9 Å². The number of fused-ring (bicyclic) bond motifs is 1. The van der Waals surface area contributed by atoms with Crippen molar-refractivity contribution in [1.82, 2.24) is 15.0 Å². The molecule has 1 N–H and O–H groups in total. The van der Waals surface area contributed by atoms with Crippen molar-refractivity contribution in [3.8, 4) is 0 Å². The number of nitrogens with one attached hydrogen (secondary N) is 1. The van der Waals surface area contributed by atoms with Gasteiger partial charge in [-0.15, -0.1) is 0 Å². The molecular weight excluding hydrogens is 472 g/mol. The summed E-state index contributed by atoms with van der Waals surface area (Å²) in [7, 11) is 1.78. The Morgan fingerprint density at radius 2 is 1.53 bits per heavy atom. The molecule has 5 rings (SSSR count). The van der Waals surface area contributed by atoms with Crippen molar-refractivity contribution in [2.45, 2.75) is 38.5 Å². The first-order valence-corrected chi connectivity index (χ1v) is 12.1. The average molecular weight is 499 g/mol. The summed E-state index contributed by atoms with van der Waals surface area (Å²) in [5.74, 6) is 1.61. The third kappa shape index (κ3) is 4.28. The first-order chi connectivity index (χ1) is 15.6. The second-order valence-corrected chi connectivity index (χ2v) is 9.36. The predicted molar refractivity (Wildman–Crippen MR) is 130 cm³/mol. The number of benzene rings is 1. The van der Waals surface area contributed by atoms with Crippen LogP contribution in [-0.4, -0.2) is 59.8 Å². The van der Waals surface area contributed by atoms with Crippen molar-refractivity contribution in [3.63, 3.8) is 0 Å². The van der Waals surface area contributed by atoms with Crippen LogP contribution in [0.3, 0.4) is 0 Å². The minimum Gasteiger partial charge on any atom is -0.341 e. The van der Waals surface area contributed by atoms with E-state index in [0.717, 1.165) is 67.6 Å². The van der Waals surface area contributed by atoms with Gasteiger partial charge >= 0.3 is 0 Å². The topological polar surface area (TPSA) is 89.8 Å². The number of piperidine rings is 2. The van der Waals surface area contributed by atoms with Crippen molar-refractivity contribution in [2.24, 2.45) is 5.10 Å². The molecule has 1 aromatic carbocycles. The van der Waals surface area contributed by atoms with E-state index >= 15 is 0 Å². The maximum Gasteiger partial charge on any atom is 0.276 e. The number of hydrogen-bond donors (Lipinski definition) is 1. The number of nitrogens with zero attached hydrogens (tertiary/aromatic N) is 7. The van der Waals surface area contributed by atoms with Gasteiger partial charge in [0.05, 0.1) is 5.69 Å². The van der Waals surface area contributed by atoms with Crippen LogP contribution in [0.2, 0.25) is 0 Å². The number of aromatic nitrogens is 3. The molecule has 3 aliphatic rings. The highest BCUT2D eigenvalue weighted by Gasteiger charge is 2.28. The second kappa shape index (κ2) is 9.01. The summed E-state index contributed by atoms with van der Waals surface area (Å²) in [5, 5.41) is 9.07. The summed E-state index contributed by atoms with van der Waals surface area (Å²) >= 11 is 3.48. The highest BCUT2D eigenvalue weighted by Crippen LogP contribution is 2.28. The van der Waals surface area contributed by atoms with E-state index in [1.807, 2.05) is 18.2 Å². The SMILES string of the molecule is CN(N=C1C(=O)Nc2ccc(Br)cc21)c1nc(N2CCCCC2)nc(N2CCCCC2)n1. The van der Waals surface area contributed by atoms with E-state index in [0.29, 0.717) is 23.6 Å². The van der Waals surface area contributed by atoms with Gasteiger partial charge in [0.1, 0.15) is 0 Å². The van der Waals surface area contributed by atoms with Crippen molar-refractivity contribution >= 4 is 51.1 Å². The van der Waals surface area contributed by atoms with E-state index in [-0.39, 0.29) is 5.91 Å². The largest absolute Gasteiger partial charge is 0.341 e. The maximum absolute atomic E-state index is 12.6. The molecular formula is C22H27BrN8O. The molecule has 0 radical (unpaired) electrons. The fourth-order valence-electron chi connectivity index (χ4n) is 4.38.